The number of hydrogen-bond donors (Lipinski definition) is 1. The summed E-state index contributed by atoms with van der Waals surface area (Å²) in [5.74, 6) is 0.0193. The van der Waals surface area contributed by atoms with Crippen LogP contribution in [0.4, 0.5) is 0 Å². The lowest BCUT2D eigenvalue weighted by Gasteiger charge is -2.24. The van der Waals surface area contributed by atoms with Crippen LogP contribution >= 0.6 is 0 Å². The Morgan fingerprint density at radius 3 is 1.54 bits per heavy atom. The molecule has 0 amide bonds. The minimum absolute atomic E-state index is 0.0193. The molecule has 0 spiro atoms. The fourth-order valence-corrected chi connectivity index (χ4v) is 6.18. The Morgan fingerprint density at radius 1 is 0.522 bits per heavy atom. The van der Waals surface area contributed by atoms with Gasteiger partial charge in [-0.05, 0) is 91.4 Å². The molecule has 6 nitrogen and oxygen atoms in total. The molecular weight excluding hydrogens is 572 g/mol. The molecule has 0 radical (unpaired) electrons. The first kappa shape index (κ1) is 45.3. The Labute approximate surface area is 288 Å². The number of unbranched alkanes of at least 4 members (excludes halogenated alkanes) is 14. The van der Waals surface area contributed by atoms with E-state index in [2.05, 4.69) is 51.6 Å². The normalized spacial score (nSPS) is 13.8. The summed E-state index contributed by atoms with van der Waals surface area (Å²) in [7, 11) is 4.32. The molecule has 0 aliphatic heterocycles. The molecule has 0 saturated carbocycles. The summed E-state index contributed by atoms with van der Waals surface area (Å²) in [5, 5.41) is 10.5. The Bertz CT molecular complexity index is 632. The van der Waals surface area contributed by atoms with E-state index in [1.807, 2.05) is 0 Å². The number of likely N-dealkylation sites (N-methyl/N-ethyl adjacent to an activating group) is 1. The van der Waals surface area contributed by atoms with Gasteiger partial charge in [0, 0.05) is 19.5 Å². The van der Waals surface area contributed by atoms with Crippen molar-refractivity contribution in [2.75, 3.05) is 40.3 Å². The van der Waals surface area contributed by atoms with Crippen molar-refractivity contribution in [2.45, 2.75) is 213 Å². The fourth-order valence-electron chi connectivity index (χ4n) is 6.18. The third-order valence-electron chi connectivity index (χ3n) is 9.31. The van der Waals surface area contributed by atoms with Crippen LogP contribution in [0.2, 0.25) is 0 Å². The second-order valence-electron chi connectivity index (χ2n) is 14.3. The number of nitrogens with zero attached hydrogens (tertiary/aromatic N) is 2. The van der Waals surface area contributed by atoms with Crippen molar-refractivity contribution < 1.29 is 19.4 Å². The molecule has 0 bridgehead atoms. The zero-order valence-corrected chi connectivity index (χ0v) is 32.0. The van der Waals surface area contributed by atoms with E-state index in [0.717, 1.165) is 77.3 Å². The van der Waals surface area contributed by atoms with Crippen LogP contribution in [-0.2, 0) is 14.3 Å². The summed E-state index contributed by atoms with van der Waals surface area (Å²) in [4.78, 5) is 17.4. The summed E-state index contributed by atoms with van der Waals surface area (Å²) in [6.07, 6.45) is 29.1. The maximum atomic E-state index is 12.4. The number of esters is 1. The molecule has 0 aliphatic carbocycles. The third-order valence-corrected chi connectivity index (χ3v) is 9.31. The Kier molecular flexibility index (Phi) is 33.7. The van der Waals surface area contributed by atoms with Crippen LogP contribution in [0.25, 0.3) is 0 Å². The van der Waals surface area contributed by atoms with Crippen LogP contribution in [-0.4, -0.2) is 79.6 Å². The van der Waals surface area contributed by atoms with Crippen LogP contribution < -0.4 is 0 Å². The molecule has 0 fully saturated rings. The van der Waals surface area contributed by atoms with E-state index in [0.29, 0.717) is 6.42 Å². The summed E-state index contributed by atoms with van der Waals surface area (Å²) in [6, 6.07) is 0. The minimum atomic E-state index is -0.595. The first-order chi connectivity index (χ1) is 22.4. The molecule has 0 rings (SSSR count). The number of carbonyl (C=O) groups is 1. The van der Waals surface area contributed by atoms with Crippen molar-refractivity contribution in [3.05, 3.63) is 0 Å². The van der Waals surface area contributed by atoms with Gasteiger partial charge < -0.3 is 24.4 Å². The summed E-state index contributed by atoms with van der Waals surface area (Å²) < 4.78 is 11.9. The van der Waals surface area contributed by atoms with E-state index in [1.165, 1.54) is 109 Å². The highest BCUT2D eigenvalue weighted by molar-refractivity contribution is 5.69. The smallest absolute Gasteiger partial charge is 0.306 e. The number of aliphatic hydroxyl groups excluding tert-OH is 1. The standard InChI is InChI=1S/C40H82N2O4/c1-7-11-21-29-37(27-13-9-3)45-39(43)31-23-17-15-19-25-33-42(36-35-41(5)6)34-26-20-16-18-24-32-40(44)46-38(28-14-10-4)30-22-12-8-2/h37-39,43H,7-36H2,1-6H3. The zero-order chi connectivity index (χ0) is 34.1. The average molecular weight is 655 g/mol. The monoisotopic (exact) mass is 655 g/mol. The van der Waals surface area contributed by atoms with Crippen molar-refractivity contribution in [2.24, 2.45) is 0 Å². The van der Waals surface area contributed by atoms with Crippen LogP contribution in [0.3, 0.4) is 0 Å². The van der Waals surface area contributed by atoms with Crippen molar-refractivity contribution in [3.8, 4) is 0 Å². The quantitative estimate of drug-likeness (QED) is 0.0412. The summed E-state index contributed by atoms with van der Waals surface area (Å²) in [5.41, 5.74) is 0. The second-order valence-corrected chi connectivity index (χ2v) is 14.3. The lowest BCUT2D eigenvalue weighted by molar-refractivity contribution is -0.150. The van der Waals surface area contributed by atoms with Gasteiger partial charge in [-0.3, -0.25) is 4.79 Å². The molecule has 0 aromatic carbocycles. The average Bonchev–Trinajstić information content (AvgIpc) is 3.03. The van der Waals surface area contributed by atoms with Crippen molar-refractivity contribution in [3.63, 3.8) is 0 Å². The van der Waals surface area contributed by atoms with Crippen LogP contribution in [0.15, 0.2) is 0 Å². The van der Waals surface area contributed by atoms with E-state index in [9.17, 15) is 9.90 Å². The molecule has 46 heavy (non-hydrogen) atoms. The summed E-state index contributed by atoms with van der Waals surface area (Å²) in [6.45, 7) is 13.5. The maximum absolute atomic E-state index is 12.4. The fraction of sp³-hybridized carbons (Fsp3) is 0.975. The van der Waals surface area contributed by atoms with Crippen LogP contribution in [0.5, 0.6) is 0 Å². The molecule has 3 atom stereocenters. The lowest BCUT2D eigenvalue weighted by atomic mass is 10.0. The van der Waals surface area contributed by atoms with Gasteiger partial charge in [-0.1, -0.05) is 124 Å². The Hall–Kier alpha value is -0.690. The predicted octanol–water partition coefficient (Wildman–Crippen LogP) is 10.7. The molecule has 0 saturated heterocycles. The molecule has 276 valence electrons. The topological polar surface area (TPSA) is 62.2 Å². The molecule has 0 aliphatic rings. The molecule has 0 aromatic heterocycles. The number of ether oxygens (including phenoxy) is 2. The maximum Gasteiger partial charge on any atom is 0.306 e. The number of rotatable bonds is 36. The highest BCUT2D eigenvalue weighted by Gasteiger charge is 2.15. The van der Waals surface area contributed by atoms with Crippen molar-refractivity contribution in [1.29, 1.82) is 0 Å². The van der Waals surface area contributed by atoms with E-state index in [-0.39, 0.29) is 18.2 Å². The highest BCUT2D eigenvalue weighted by atomic mass is 16.6. The van der Waals surface area contributed by atoms with Crippen LogP contribution in [0, 0.1) is 0 Å². The lowest BCUT2D eigenvalue weighted by Crippen LogP contribution is -2.33. The number of hydrogen-bond acceptors (Lipinski definition) is 6. The molecule has 3 unspecified atom stereocenters. The molecule has 1 N–H and O–H groups in total. The Morgan fingerprint density at radius 2 is 0.978 bits per heavy atom. The van der Waals surface area contributed by atoms with Gasteiger partial charge in [0.15, 0.2) is 6.29 Å². The second kappa shape index (κ2) is 34.2. The first-order valence-corrected chi connectivity index (χ1v) is 20.3. The Balaban J connectivity index is 4.12. The van der Waals surface area contributed by atoms with Crippen molar-refractivity contribution in [1.82, 2.24) is 9.80 Å². The SMILES string of the molecule is CCCCCC(CCCC)OC(=O)CCCCCCCN(CCCCCCCC(O)OC(CCCC)CCCCC)CCN(C)C. The van der Waals surface area contributed by atoms with Crippen LogP contribution in [0.1, 0.15) is 195 Å². The third kappa shape index (κ3) is 30.6. The van der Waals surface area contributed by atoms with Gasteiger partial charge >= 0.3 is 5.97 Å². The molecule has 0 heterocycles. The molecule has 6 heteroatoms. The van der Waals surface area contributed by atoms with E-state index in [4.69, 9.17) is 9.47 Å². The molecule has 0 aromatic rings. The first-order valence-electron chi connectivity index (χ1n) is 20.3. The van der Waals surface area contributed by atoms with E-state index >= 15 is 0 Å². The summed E-state index contributed by atoms with van der Waals surface area (Å²) >= 11 is 0. The zero-order valence-electron chi connectivity index (χ0n) is 32.0. The highest BCUT2D eigenvalue weighted by Crippen LogP contribution is 2.18. The van der Waals surface area contributed by atoms with Gasteiger partial charge in [0.25, 0.3) is 0 Å². The van der Waals surface area contributed by atoms with Crippen molar-refractivity contribution >= 4 is 5.97 Å². The van der Waals surface area contributed by atoms with Gasteiger partial charge in [-0.15, -0.1) is 0 Å². The van der Waals surface area contributed by atoms with E-state index in [1.54, 1.807) is 0 Å². The predicted molar refractivity (Wildman–Crippen MR) is 198 cm³/mol. The number of aliphatic hydroxyl groups is 1. The minimum Gasteiger partial charge on any atom is -0.462 e. The largest absolute Gasteiger partial charge is 0.462 e. The van der Waals surface area contributed by atoms with Gasteiger partial charge in [0.2, 0.25) is 0 Å². The van der Waals surface area contributed by atoms with Gasteiger partial charge in [-0.25, -0.2) is 0 Å². The molecular formula is C40H82N2O4. The van der Waals surface area contributed by atoms with Gasteiger partial charge in [0.05, 0.1) is 6.10 Å². The van der Waals surface area contributed by atoms with Gasteiger partial charge in [0.1, 0.15) is 6.10 Å². The van der Waals surface area contributed by atoms with Gasteiger partial charge in [-0.2, -0.15) is 0 Å². The van der Waals surface area contributed by atoms with E-state index < -0.39 is 6.29 Å². The number of carbonyl (C=O) groups excluding carboxylic acids is 1.